The van der Waals surface area contributed by atoms with Crippen LogP contribution in [0.2, 0.25) is 0 Å². The minimum absolute atomic E-state index is 0.0933. The molecule has 0 bridgehead atoms. The molecule has 1 amide bonds. The van der Waals surface area contributed by atoms with E-state index >= 15 is 0 Å². The molecule has 0 spiro atoms. The van der Waals surface area contributed by atoms with Crippen LogP contribution >= 0.6 is 11.3 Å². The highest BCUT2D eigenvalue weighted by Gasteiger charge is 2.20. The number of nitro groups is 1. The van der Waals surface area contributed by atoms with Crippen LogP contribution in [0.1, 0.15) is 11.9 Å². The van der Waals surface area contributed by atoms with E-state index < -0.39 is 16.9 Å². The Morgan fingerprint density at radius 2 is 2.26 bits per heavy atom. The second kappa shape index (κ2) is 4.81. The summed E-state index contributed by atoms with van der Waals surface area (Å²) in [5, 5.41) is 14.6. The molecule has 2 rings (SSSR count). The van der Waals surface area contributed by atoms with Crippen molar-refractivity contribution in [2.45, 2.75) is 19.9 Å². The van der Waals surface area contributed by atoms with Crippen molar-refractivity contribution >= 4 is 38.8 Å². The van der Waals surface area contributed by atoms with Crippen LogP contribution in [0, 0.1) is 17.0 Å². The molecule has 0 saturated carbocycles. The maximum atomic E-state index is 11.1. The lowest BCUT2D eigenvalue weighted by Crippen LogP contribution is -2.32. The average Bonchev–Trinajstić information content (AvgIpc) is 2.66. The van der Waals surface area contributed by atoms with E-state index in [2.05, 4.69) is 10.3 Å². The molecule has 0 radical (unpaired) electrons. The van der Waals surface area contributed by atoms with Gasteiger partial charge in [-0.3, -0.25) is 14.9 Å². The van der Waals surface area contributed by atoms with Gasteiger partial charge in [0.05, 0.1) is 20.1 Å². The number of nitrogens with two attached hydrogens (primary N) is 1. The molecule has 1 unspecified atom stereocenters. The van der Waals surface area contributed by atoms with E-state index in [0.29, 0.717) is 5.52 Å². The van der Waals surface area contributed by atoms with Gasteiger partial charge in [-0.25, -0.2) is 4.98 Å². The van der Waals surface area contributed by atoms with Crippen molar-refractivity contribution in [2.24, 2.45) is 5.73 Å². The van der Waals surface area contributed by atoms with Gasteiger partial charge in [0, 0.05) is 6.07 Å². The van der Waals surface area contributed by atoms with E-state index in [1.165, 1.54) is 17.4 Å². The van der Waals surface area contributed by atoms with Crippen LogP contribution in [0.3, 0.4) is 0 Å². The van der Waals surface area contributed by atoms with E-state index in [-0.39, 0.29) is 11.4 Å². The zero-order valence-corrected chi connectivity index (χ0v) is 11.2. The van der Waals surface area contributed by atoms with Gasteiger partial charge in [-0.1, -0.05) is 0 Å². The zero-order valence-electron chi connectivity index (χ0n) is 10.3. The number of primary amides is 1. The number of benzene rings is 1. The molecule has 7 nitrogen and oxygen atoms in total. The Bertz CT molecular complexity index is 667. The number of nitrogens with zero attached hydrogens (tertiary/aromatic N) is 2. The van der Waals surface area contributed by atoms with Crippen molar-refractivity contribution in [3.63, 3.8) is 0 Å². The lowest BCUT2D eigenvalue weighted by molar-refractivity contribution is -0.383. The van der Waals surface area contributed by atoms with Crippen molar-refractivity contribution in [2.75, 3.05) is 5.32 Å². The minimum Gasteiger partial charge on any atom is -0.368 e. The second-order valence-electron chi connectivity index (χ2n) is 4.10. The Kier molecular flexibility index (Phi) is 3.34. The van der Waals surface area contributed by atoms with Crippen LogP contribution in [-0.4, -0.2) is 21.9 Å². The Labute approximate surface area is 112 Å². The fourth-order valence-corrected chi connectivity index (χ4v) is 2.49. The van der Waals surface area contributed by atoms with E-state index in [0.717, 1.165) is 9.71 Å². The minimum atomic E-state index is -0.698. The molecule has 0 aliphatic heterocycles. The number of amides is 1. The number of aryl methyl sites for hydroxylation is 1. The summed E-state index contributed by atoms with van der Waals surface area (Å²) in [6.45, 7) is 3.37. The lowest BCUT2D eigenvalue weighted by atomic mass is 10.2. The number of fused-ring (bicyclic) bond motifs is 1. The van der Waals surface area contributed by atoms with Gasteiger partial charge >= 0.3 is 0 Å². The number of nitro benzene ring substituents is 1. The smallest absolute Gasteiger partial charge is 0.293 e. The molecule has 0 aliphatic rings. The number of rotatable bonds is 4. The highest BCUT2D eigenvalue weighted by molar-refractivity contribution is 7.18. The summed E-state index contributed by atoms with van der Waals surface area (Å²) >= 11 is 1.38. The molecule has 1 atom stereocenters. The maximum Gasteiger partial charge on any atom is 0.293 e. The second-order valence-corrected chi connectivity index (χ2v) is 5.33. The van der Waals surface area contributed by atoms with Crippen molar-refractivity contribution < 1.29 is 9.72 Å². The predicted molar refractivity (Wildman–Crippen MR) is 73.3 cm³/mol. The van der Waals surface area contributed by atoms with Crippen molar-refractivity contribution in [1.29, 1.82) is 0 Å². The quantitative estimate of drug-likeness (QED) is 0.655. The number of hydrogen-bond acceptors (Lipinski definition) is 6. The topological polar surface area (TPSA) is 111 Å². The SMILES string of the molecule is Cc1nc2cc(NC(C)C(N)=O)c([N+](=O)[O-])cc2s1. The van der Waals surface area contributed by atoms with Crippen LogP contribution in [0.25, 0.3) is 10.2 Å². The standard InChI is InChI=1S/C11H12N4O3S/c1-5(11(12)16)13-7-3-8-10(19-6(2)14-8)4-9(7)15(17)18/h3-5,13H,1-2H3,(H2,12,16). The first-order valence-electron chi connectivity index (χ1n) is 5.50. The molecule has 0 saturated heterocycles. The molecule has 0 fully saturated rings. The largest absolute Gasteiger partial charge is 0.368 e. The maximum absolute atomic E-state index is 11.1. The van der Waals surface area contributed by atoms with Crippen molar-refractivity contribution in [3.8, 4) is 0 Å². The van der Waals surface area contributed by atoms with Gasteiger partial charge in [0.25, 0.3) is 5.69 Å². The molecular weight excluding hydrogens is 268 g/mol. The zero-order chi connectivity index (χ0) is 14.2. The monoisotopic (exact) mass is 280 g/mol. The molecule has 19 heavy (non-hydrogen) atoms. The highest BCUT2D eigenvalue weighted by Crippen LogP contribution is 2.33. The summed E-state index contributed by atoms with van der Waals surface area (Å²) in [5.41, 5.74) is 5.95. The number of hydrogen-bond donors (Lipinski definition) is 2. The van der Waals surface area contributed by atoms with Crippen molar-refractivity contribution in [3.05, 3.63) is 27.3 Å². The number of carbonyl (C=O) groups excluding carboxylic acids is 1. The Morgan fingerprint density at radius 1 is 1.58 bits per heavy atom. The molecule has 1 heterocycles. The van der Waals surface area contributed by atoms with Crippen LogP contribution in [0.15, 0.2) is 12.1 Å². The average molecular weight is 280 g/mol. The van der Waals surface area contributed by atoms with Crippen LogP contribution < -0.4 is 11.1 Å². The first kappa shape index (κ1) is 13.2. The van der Waals surface area contributed by atoms with Gasteiger partial charge in [-0.05, 0) is 19.9 Å². The molecule has 1 aromatic carbocycles. The fraction of sp³-hybridized carbons (Fsp3) is 0.273. The molecule has 3 N–H and O–H groups in total. The summed E-state index contributed by atoms with van der Waals surface area (Å²) < 4.78 is 0.737. The third-order valence-electron chi connectivity index (χ3n) is 2.61. The van der Waals surface area contributed by atoms with E-state index in [4.69, 9.17) is 5.73 Å². The molecular formula is C11H12N4O3S. The van der Waals surface area contributed by atoms with Crippen LogP contribution in [-0.2, 0) is 4.79 Å². The predicted octanol–water partition coefficient (Wildman–Crippen LogP) is 1.80. The van der Waals surface area contributed by atoms with Gasteiger partial charge in [0.2, 0.25) is 5.91 Å². The first-order valence-corrected chi connectivity index (χ1v) is 6.31. The third kappa shape index (κ3) is 2.63. The Morgan fingerprint density at radius 3 is 2.84 bits per heavy atom. The summed E-state index contributed by atoms with van der Waals surface area (Å²) in [4.78, 5) is 25.9. The molecule has 100 valence electrons. The fourth-order valence-electron chi connectivity index (χ4n) is 1.65. The number of nitrogens with one attached hydrogen (secondary N) is 1. The van der Waals surface area contributed by atoms with Gasteiger partial charge in [-0.15, -0.1) is 11.3 Å². The summed E-state index contributed by atoms with van der Waals surface area (Å²) in [6, 6.07) is 2.32. The highest BCUT2D eigenvalue weighted by atomic mass is 32.1. The number of anilines is 1. The number of carbonyl (C=O) groups is 1. The first-order chi connectivity index (χ1) is 8.88. The van der Waals surface area contributed by atoms with Gasteiger partial charge in [-0.2, -0.15) is 0 Å². The molecule has 0 aliphatic carbocycles. The van der Waals surface area contributed by atoms with Gasteiger partial charge in [0.1, 0.15) is 11.7 Å². The summed E-state index contributed by atoms with van der Waals surface area (Å²) in [7, 11) is 0. The van der Waals surface area contributed by atoms with Crippen LogP contribution in [0.5, 0.6) is 0 Å². The summed E-state index contributed by atoms with van der Waals surface area (Å²) in [5.74, 6) is -0.580. The van der Waals surface area contributed by atoms with Gasteiger partial charge in [0.15, 0.2) is 0 Å². The number of thiazole rings is 1. The Hall–Kier alpha value is -2.22. The van der Waals surface area contributed by atoms with E-state index in [1.54, 1.807) is 13.0 Å². The van der Waals surface area contributed by atoms with E-state index in [9.17, 15) is 14.9 Å². The molecule has 1 aromatic heterocycles. The normalized spacial score (nSPS) is 12.3. The van der Waals surface area contributed by atoms with Crippen LogP contribution in [0.4, 0.5) is 11.4 Å². The van der Waals surface area contributed by atoms with Gasteiger partial charge < -0.3 is 11.1 Å². The molecule has 8 heteroatoms. The lowest BCUT2D eigenvalue weighted by Gasteiger charge is -2.11. The van der Waals surface area contributed by atoms with Crippen molar-refractivity contribution in [1.82, 2.24) is 4.98 Å². The number of aromatic nitrogens is 1. The Balaban J connectivity index is 2.53. The van der Waals surface area contributed by atoms with E-state index in [1.807, 2.05) is 6.92 Å². The molecule has 2 aromatic rings. The summed E-state index contributed by atoms with van der Waals surface area (Å²) in [6.07, 6.45) is 0. The third-order valence-corrected chi connectivity index (χ3v) is 3.54.